The van der Waals surface area contributed by atoms with E-state index in [0.29, 0.717) is 12.5 Å². The highest BCUT2D eigenvalue weighted by Gasteiger charge is 2.13. The third-order valence-electron chi connectivity index (χ3n) is 2.73. The van der Waals surface area contributed by atoms with Gasteiger partial charge >= 0.3 is 0 Å². The van der Waals surface area contributed by atoms with Crippen molar-refractivity contribution in [1.82, 2.24) is 4.90 Å². The highest BCUT2D eigenvalue weighted by atomic mass is 16.2. The van der Waals surface area contributed by atoms with Crippen LogP contribution in [0.3, 0.4) is 0 Å². The molecule has 0 saturated carbocycles. The van der Waals surface area contributed by atoms with Crippen LogP contribution in [0.1, 0.15) is 31.9 Å². The van der Waals surface area contributed by atoms with Crippen LogP contribution in [-0.2, 0) is 22.6 Å². The molecule has 0 aromatic heterocycles. The number of carbonyl (C=O) groups excluding carboxylic acids is 2. The highest BCUT2D eigenvalue weighted by Crippen LogP contribution is 2.11. The summed E-state index contributed by atoms with van der Waals surface area (Å²) in [6, 6.07) is 8.20. The molecule has 0 N–H and O–H groups in total. The molecule has 0 atom stereocenters. The van der Waals surface area contributed by atoms with Crippen LogP contribution in [-0.4, -0.2) is 23.6 Å². The quantitative estimate of drug-likeness (QED) is 0.749. The predicted molar refractivity (Wildman–Crippen MR) is 72.1 cm³/mol. The molecule has 0 bridgehead atoms. The minimum Gasteiger partial charge on any atom is -0.335 e. The van der Waals surface area contributed by atoms with Crippen LogP contribution in [0.25, 0.3) is 0 Å². The molecular weight excluding hydrogens is 226 g/mol. The number of nitrogens with zero attached hydrogens (tertiary/aromatic N) is 1. The maximum atomic E-state index is 11.4. The molecule has 0 heterocycles. The summed E-state index contributed by atoms with van der Waals surface area (Å²) >= 11 is 0. The van der Waals surface area contributed by atoms with Gasteiger partial charge in [-0.2, -0.15) is 0 Å². The van der Waals surface area contributed by atoms with Crippen molar-refractivity contribution in [2.45, 2.75) is 33.7 Å². The van der Waals surface area contributed by atoms with Gasteiger partial charge < -0.3 is 4.90 Å². The van der Waals surface area contributed by atoms with Gasteiger partial charge in [-0.25, -0.2) is 0 Å². The van der Waals surface area contributed by atoms with Crippen molar-refractivity contribution in [3.63, 3.8) is 0 Å². The lowest BCUT2D eigenvalue weighted by Crippen LogP contribution is -2.31. The van der Waals surface area contributed by atoms with Crippen molar-refractivity contribution in [3.8, 4) is 0 Å². The second kappa shape index (κ2) is 6.34. The monoisotopic (exact) mass is 247 g/mol. The number of ketones is 1. The summed E-state index contributed by atoms with van der Waals surface area (Å²) in [5, 5.41) is 0. The number of amides is 1. The molecule has 3 heteroatoms. The lowest BCUT2D eigenvalue weighted by atomic mass is 10.0. The lowest BCUT2D eigenvalue weighted by molar-refractivity contribution is -0.143. The molecule has 0 saturated heterocycles. The first-order valence-electron chi connectivity index (χ1n) is 6.24. The molecule has 1 aromatic rings. The minimum atomic E-state index is -0.443. The fraction of sp³-hybridized carbons (Fsp3) is 0.467. The molecule has 0 radical (unpaired) electrons. The Hall–Kier alpha value is -1.64. The fourth-order valence-electron chi connectivity index (χ4n) is 1.87. The Morgan fingerprint density at radius 3 is 2.06 bits per heavy atom. The number of hydrogen-bond donors (Lipinski definition) is 0. The number of hydrogen-bond acceptors (Lipinski definition) is 2. The summed E-state index contributed by atoms with van der Waals surface area (Å²) < 4.78 is 0. The minimum absolute atomic E-state index is 0.422. The molecule has 0 fully saturated rings. The van der Waals surface area contributed by atoms with Crippen molar-refractivity contribution < 1.29 is 9.59 Å². The van der Waals surface area contributed by atoms with E-state index in [1.165, 1.54) is 17.4 Å². The van der Waals surface area contributed by atoms with Gasteiger partial charge in [0.2, 0.25) is 5.78 Å². The van der Waals surface area contributed by atoms with Crippen LogP contribution < -0.4 is 0 Å². The van der Waals surface area contributed by atoms with Crippen molar-refractivity contribution in [2.24, 2.45) is 5.92 Å². The number of benzene rings is 1. The second-order valence-electron chi connectivity index (χ2n) is 5.13. The first kappa shape index (κ1) is 14.4. The molecule has 0 spiro atoms. The van der Waals surface area contributed by atoms with Crippen LogP contribution in [0.2, 0.25) is 0 Å². The fourth-order valence-corrected chi connectivity index (χ4v) is 1.87. The molecule has 1 rings (SSSR count). The van der Waals surface area contributed by atoms with E-state index in [0.717, 1.165) is 12.0 Å². The van der Waals surface area contributed by atoms with E-state index in [9.17, 15) is 9.59 Å². The van der Waals surface area contributed by atoms with E-state index in [2.05, 4.69) is 26.0 Å². The van der Waals surface area contributed by atoms with Gasteiger partial charge in [0.15, 0.2) is 0 Å². The predicted octanol–water partition coefficient (Wildman–Crippen LogP) is 2.43. The number of rotatable bonds is 5. The Kier molecular flexibility index (Phi) is 5.08. The second-order valence-corrected chi connectivity index (χ2v) is 5.13. The van der Waals surface area contributed by atoms with Crippen LogP contribution in [0, 0.1) is 5.92 Å². The van der Waals surface area contributed by atoms with Gasteiger partial charge in [-0.3, -0.25) is 9.59 Å². The van der Waals surface area contributed by atoms with E-state index in [-0.39, 0.29) is 0 Å². The van der Waals surface area contributed by atoms with Gasteiger partial charge in [0.05, 0.1) is 0 Å². The molecule has 0 aliphatic rings. The Labute approximate surface area is 109 Å². The summed E-state index contributed by atoms with van der Waals surface area (Å²) in [5.41, 5.74) is 2.34. The lowest BCUT2D eigenvalue weighted by Gasteiger charge is -2.15. The summed E-state index contributed by atoms with van der Waals surface area (Å²) in [6.07, 6.45) is 1.06. The van der Waals surface area contributed by atoms with Crippen molar-refractivity contribution in [3.05, 3.63) is 35.4 Å². The average Bonchev–Trinajstić information content (AvgIpc) is 2.29. The first-order chi connectivity index (χ1) is 8.40. The Morgan fingerprint density at radius 2 is 1.61 bits per heavy atom. The zero-order valence-electron chi connectivity index (χ0n) is 11.6. The zero-order chi connectivity index (χ0) is 13.7. The standard InChI is InChI=1S/C15H21NO2/c1-11(2)9-13-5-7-14(8-6-13)10-16(4)15(18)12(3)17/h5-8,11H,9-10H2,1-4H3. The average molecular weight is 247 g/mol. The van der Waals surface area contributed by atoms with Gasteiger partial charge in [-0.1, -0.05) is 38.1 Å². The zero-order valence-corrected chi connectivity index (χ0v) is 11.6. The topological polar surface area (TPSA) is 37.4 Å². The number of likely N-dealkylation sites (N-methyl/N-ethyl adjacent to an activating group) is 1. The first-order valence-corrected chi connectivity index (χ1v) is 6.24. The largest absolute Gasteiger partial charge is 0.335 e. The van der Waals surface area contributed by atoms with Crippen molar-refractivity contribution in [1.29, 1.82) is 0 Å². The summed E-state index contributed by atoms with van der Waals surface area (Å²) in [6.45, 7) is 6.14. The Morgan fingerprint density at radius 1 is 1.11 bits per heavy atom. The van der Waals surface area contributed by atoms with Crippen LogP contribution in [0.5, 0.6) is 0 Å². The van der Waals surface area contributed by atoms with Gasteiger partial charge in [0, 0.05) is 20.5 Å². The van der Waals surface area contributed by atoms with E-state index in [1.54, 1.807) is 7.05 Å². The van der Waals surface area contributed by atoms with E-state index < -0.39 is 11.7 Å². The van der Waals surface area contributed by atoms with Crippen molar-refractivity contribution >= 4 is 11.7 Å². The summed E-state index contributed by atoms with van der Waals surface area (Å²) in [4.78, 5) is 23.8. The third kappa shape index (κ3) is 4.32. The van der Waals surface area contributed by atoms with Gasteiger partial charge in [-0.15, -0.1) is 0 Å². The van der Waals surface area contributed by atoms with Gasteiger partial charge in [0.25, 0.3) is 5.91 Å². The third-order valence-corrected chi connectivity index (χ3v) is 2.73. The number of Topliss-reactive ketones (excluding diaryl/α,β-unsaturated/α-hetero) is 1. The van der Waals surface area contributed by atoms with Crippen LogP contribution in [0.15, 0.2) is 24.3 Å². The molecule has 0 aliphatic carbocycles. The summed E-state index contributed by atoms with van der Waals surface area (Å²) in [7, 11) is 1.64. The normalized spacial score (nSPS) is 10.5. The number of carbonyl (C=O) groups is 2. The van der Waals surface area contributed by atoms with E-state index in [1.807, 2.05) is 12.1 Å². The SMILES string of the molecule is CC(=O)C(=O)N(C)Cc1ccc(CC(C)C)cc1. The smallest absolute Gasteiger partial charge is 0.289 e. The molecule has 1 aromatic carbocycles. The Balaban J connectivity index is 2.63. The van der Waals surface area contributed by atoms with Gasteiger partial charge in [-0.05, 0) is 23.5 Å². The maximum Gasteiger partial charge on any atom is 0.289 e. The van der Waals surface area contributed by atoms with E-state index >= 15 is 0 Å². The molecule has 1 amide bonds. The highest BCUT2D eigenvalue weighted by molar-refractivity contribution is 6.34. The summed E-state index contributed by atoms with van der Waals surface area (Å²) in [5.74, 6) is -0.229. The van der Waals surface area contributed by atoms with Crippen molar-refractivity contribution in [2.75, 3.05) is 7.05 Å². The van der Waals surface area contributed by atoms with E-state index in [4.69, 9.17) is 0 Å². The molecule has 0 unspecified atom stereocenters. The Bertz CT molecular complexity index is 421. The molecule has 0 aliphatic heterocycles. The maximum absolute atomic E-state index is 11.4. The van der Waals surface area contributed by atoms with Crippen LogP contribution >= 0.6 is 0 Å². The van der Waals surface area contributed by atoms with Crippen LogP contribution in [0.4, 0.5) is 0 Å². The van der Waals surface area contributed by atoms with Gasteiger partial charge in [0.1, 0.15) is 0 Å². The molecule has 18 heavy (non-hydrogen) atoms. The molecule has 98 valence electrons. The molecule has 3 nitrogen and oxygen atoms in total. The molecular formula is C15H21NO2.